The topological polar surface area (TPSA) is 55.4 Å². The highest BCUT2D eigenvalue weighted by atomic mass is 16.6. The van der Waals surface area contributed by atoms with Crippen LogP contribution >= 0.6 is 0 Å². The van der Waals surface area contributed by atoms with Crippen LogP contribution in [0.15, 0.2) is 18.2 Å². The van der Waals surface area contributed by atoms with Gasteiger partial charge in [0.1, 0.15) is 5.60 Å². The number of benzene rings is 1. The van der Waals surface area contributed by atoms with Crippen molar-refractivity contribution in [2.75, 3.05) is 5.32 Å². The molecule has 0 fully saturated rings. The lowest BCUT2D eigenvalue weighted by atomic mass is 10.1. The molecule has 0 radical (unpaired) electrons. The van der Waals surface area contributed by atoms with Crippen molar-refractivity contribution >= 4 is 17.6 Å². The van der Waals surface area contributed by atoms with Gasteiger partial charge in [-0.15, -0.1) is 0 Å². The summed E-state index contributed by atoms with van der Waals surface area (Å²) in [4.78, 5) is 23.3. The summed E-state index contributed by atoms with van der Waals surface area (Å²) in [6, 6.07) is 5.73. The Morgan fingerprint density at radius 2 is 1.75 bits per heavy atom. The molecule has 1 aromatic carbocycles. The van der Waals surface area contributed by atoms with Gasteiger partial charge in [0.25, 0.3) is 0 Å². The van der Waals surface area contributed by atoms with Gasteiger partial charge < -0.3 is 10.1 Å². The highest BCUT2D eigenvalue weighted by molar-refractivity contribution is 5.92. The lowest BCUT2D eigenvalue weighted by Crippen LogP contribution is -2.24. The van der Waals surface area contributed by atoms with Gasteiger partial charge >= 0.3 is 5.97 Å². The Morgan fingerprint density at radius 3 is 2.30 bits per heavy atom. The Hall–Kier alpha value is -1.84. The van der Waals surface area contributed by atoms with Crippen LogP contribution < -0.4 is 5.32 Å². The second-order valence-electron chi connectivity index (χ2n) is 5.93. The maximum atomic E-state index is 11.8. The number of nitrogens with one attached hydrogen (secondary N) is 1. The van der Waals surface area contributed by atoms with Crippen LogP contribution in [0.25, 0.3) is 0 Å². The molecule has 1 rings (SSSR count). The van der Waals surface area contributed by atoms with Gasteiger partial charge in [0, 0.05) is 12.1 Å². The second-order valence-corrected chi connectivity index (χ2v) is 5.93. The van der Waals surface area contributed by atoms with Crippen molar-refractivity contribution in [2.24, 2.45) is 0 Å². The van der Waals surface area contributed by atoms with E-state index in [1.807, 2.05) is 32.0 Å². The van der Waals surface area contributed by atoms with Crippen LogP contribution in [-0.2, 0) is 14.3 Å². The minimum absolute atomic E-state index is 0.0912. The predicted octanol–water partition coefficient (Wildman–Crippen LogP) is 3.36. The SMILES string of the molecule is Cc1ccc(NC(=O)CCC(=O)OC(C)(C)C)cc1C. The molecule has 0 bridgehead atoms. The first kappa shape index (κ1) is 16.2. The van der Waals surface area contributed by atoms with Gasteiger partial charge in [-0.05, 0) is 57.9 Å². The predicted molar refractivity (Wildman–Crippen MR) is 79.6 cm³/mol. The number of hydrogen-bond acceptors (Lipinski definition) is 3. The van der Waals surface area contributed by atoms with Crippen molar-refractivity contribution in [3.63, 3.8) is 0 Å². The van der Waals surface area contributed by atoms with Gasteiger partial charge in [0.15, 0.2) is 0 Å². The highest BCUT2D eigenvalue weighted by Gasteiger charge is 2.17. The first-order valence-electron chi connectivity index (χ1n) is 6.76. The van der Waals surface area contributed by atoms with Crippen molar-refractivity contribution in [3.8, 4) is 0 Å². The molecule has 4 heteroatoms. The Balaban J connectivity index is 2.44. The number of carbonyl (C=O) groups excluding carboxylic acids is 2. The molecule has 0 aliphatic rings. The maximum absolute atomic E-state index is 11.8. The van der Waals surface area contributed by atoms with Crippen LogP contribution in [0.4, 0.5) is 5.69 Å². The van der Waals surface area contributed by atoms with Gasteiger partial charge in [-0.3, -0.25) is 9.59 Å². The summed E-state index contributed by atoms with van der Waals surface area (Å²) in [5.74, 6) is -0.535. The molecule has 0 aliphatic heterocycles. The van der Waals surface area contributed by atoms with E-state index in [1.54, 1.807) is 20.8 Å². The zero-order valence-corrected chi connectivity index (χ0v) is 12.9. The summed E-state index contributed by atoms with van der Waals surface area (Å²) in [7, 11) is 0. The van der Waals surface area contributed by atoms with Crippen LogP contribution in [0, 0.1) is 13.8 Å². The summed E-state index contributed by atoms with van der Waals surface area (Å²) in [6.07, 6.45) is 0.218. The fourth-order valence-electron chi connectivity index (χ4n) is 1.65. The lowest BCUT2D eigenvalue weighted by molar-refractivity contribution is -0.155. The standard InChI is InChI=1S/C16H23NO3/c1-11-6-7-13(10-12(11)2)17-14(18)8-9-15(19)20-16(3,4)5/h6-7,10H,8-9H2,1-5H3,(H,17,18). The molecule has 0 aromatic heterocycles. The maximum Gasteiger partial charge on any atom is 0.306 e. The number of carbonyl (C=O) groups is 2. The number of ether oxygens (including phenoxy) is 1. The molecule has 0 heterocycles. The van der Waals surface area contributed by atoms with E-state index in [0.717, 1.165) is 11.3 Å². The average Bonchev–Trinajstić information content (AvgIpc) is 2.29. The number of hydrogen-bond donors (Lipinski definition) is 1. The zero-order valence-electron chi connectivity index (χ0n) is 12.9. The monoisotopic (exact) mass is 277 g/mol. The number of esters is 1. The molecular weight excluding hydrogens is 254 g/mol. The Kier molecular flexibility index (Phi) is 5.31. The van der Waals surface area contributed by atoms with Crippen molar-refractivity contribution in [2.45, 2.75) is 53.1 Å². The fraction of sp³-hybridized carbons (Fsp3) is 0.500. The molecule has 0 atom stereocenters. The molecule has 0 unspecified atom stereocenters. The van der Waals surface area contributed by atoms with Gasteiger partial charge in [-0.1, -0.05) is 6.07 Å². The van der Waals surface area contributed by atoms with Crippen molar-refractivity contribution in [1.29, 1.82) is 0 Å². The van der Waals surface area contributed by atoms with E-state index in [0.29, 0.717) is 0 Å². The number of anilines is 1. The lowest BCUT2D eigenvalue weighted by Gasteiger charge is -2.19. The van der Waals surface area contributed by atoms with E-state index < -0.39 is 5.60 Å². The van der Waals surface area contributed by atoms with Gasteiger partial charge in [0.2, 0.25) is 5.91 Å². The summed E-state index contributed by atoms with van der Waals surface area (Å²) >= 11 is 0. The minimum atomic E-state index is -0.512. The Bertz CT molecular complexity index is 501. The Morgan fingerprint density at radius 1 is 1.10 bits per heavy atom. The first-order valence-corrected chi connectivity index (χ1v) is 6.76. The molecule has 20 heavy (non-hydrogen) atoms. The minimum Gasteiger partial charge on any atom is -0.460 e. The van der Waals surface area contributed by atoms with Crippen LogP contribution in [0.2, 0.25) is 0 Å². The second kappa shape index (κ2) is 6.55. The van der Waals surface area contributed by atoms with E-state index >= 15 is 0 Å². The van der Waals surface area contributed by atoms with Crippen molar-refractivity contribution < 1.29 is 14.3 Å². The van der Waals surface area contributed by atoms with Crippen LogP contribution in [0.3, 0.4) is 0 Å². The number of amides is 1. The molecule has 4 nitrogen and oxygen atoms in total. The smallest absolute Gasteiger partial charge is 0.306 e. The molecule has 1 amide bonds. The molecule has 0 saturated heterocycles. The van der Waals surface area contributed by atoms with E-state index in [9.17, 15) is 9.59 Å². The Labute approximate surface area is 120 Å². The van der Waals surface area contributed by atoms with Gasteiger partial charge in [-0.25, -0.2) is 0 Å². The molecular formula is C16H23NO3. The van der Waals surface area contributed by atoms with Gasteiger partial charge in [-0.2, -0.15) is 0 Å². The highest BCUT2D eigenvalue weighted by Crippen LogP contribution is 2.15. The molecule has 110 valence electrons. The third-order valence-electron chi connectivity index (χ3n) is 2.77. The van der Waals surface area contributed by atoms with E-state index in [2.05, 4.69) is 5.32 Å². The summed E-state index contributed by atoms with van der Waals surface area (Å²) in [6.45, 7) is 9.43. The summed E-state index contributed by atoms with van der Waals surface area (Å²) in [5, 5.41) is 2.78. The quantitative estimate of drug-likeness (QED) is 0.858. The van der Waals surface area contributed by atoms with Crippen LogP contribution in [0.1, 0.15) is 44.7 Å². The zero-order chi connectivity index (χ0) is 15.3. The average molecular weight is 277 g/mol. The molecule has 0 aliphatic carbocycles. The number of aryl methyl sites for hydroxylation is 2. The summed E-state index contributed by atoms with van der Waals surface area (Å²) < 4.78 is 5.15. The molecule has 1 aromatic rings. The normalized spacial score (nSPS) is 11.1. The van der Waals surface area contributed by atoms with Crippen LogP contribution in [0.5, 0.6) is 0 Å². The third-order valence-corrected chi connectivity index (χ3v) is 2.77. The first-order chi connectivity index (χ1) is 9.17. The largest absolute Gasteiger partial charge is 0.460 e. The van der Waals surface area contributed by atoms with E-state index in [1.165, 1.54) is 5.56 Å². The van der Waals surface area contributed by atoms with Gasteiger partial charge in [0.05, 0.1) is 6.42 Å². The summed E-state index contributed by atoms with van der Waals surface area (Å²) in [5.41, 5.74) is 2.54. The molecule has 1 N–H and O–H groups in total. The molecule has 0 spiro atoms. The molecule has 0 saturated carbocycles. The van der Waals surface area contributed by atoms with Crippen molar-refractivity contribution in [3.05, 3.63) is 29.3 Å². The fourth-order valence-corrected chi connectivity index (χ4v) is 1.65. The van der Waals surface area contributed by atoms with Crippen LogP contribution in [-0.4, -0.2) is 17.5 Å². The number of rotatable bonds is 4. The van der Waals surface area contributed by atoms with Crippen molar-refractivity contribution in [1.82, 2.24) is 0 Å². The van der Waals surface area contributed by atoms with E-state index in [4.69, 9.17) is 4.74 Å². The third kappa shape index (κ3) is 5.87. The van der Waals surface area contributed by atoms with E-state index in [-0.39, 0.29) is 24.7 Å².